The Bertz CT molecular complexity index is 1390. The van der Waals surface area contributed by atoms with Crippen LogP contribution in [0.3, 0.4) is 0 Å². The van der Waals surface area contributed by atoms with Crippen molar-refractivity contribution in [1.29, 1.82) is 5.26 Å². The molecule has 0 unspecified atom stereocenters. The van der Waals surface area contributed by atoms with Gasteiger partial charge in [0.2, 0.25) is 5.13 Å². The van der Waals surface area contributed by atoms with Crippen LogP contribution < -0.4 is 5.01 Å². The molecule has 0 aliphatic rings. The first-order valence-corrected chi connectivity index (χ1v) is 9.95. The van der Waals surface area contributed by atoms with E-state index in [0.717, 1.165) is 16.3 Å². The van der Waals surface area contributed by atoms with Crippen molar-refractivity contribution in [1.82, 2.24) is 4.98 Å². The van der Waals surface area contributed by atoms with Crippen molar-refractivity contribution in [3.63, 3.8) is 0 Å². The van der Waals surface area contributed by atoms with Gasteiger partial charge in [0.05, 0.1) is 33.0 Å². The van der Waals surface area contributed by atoms with Gasteiger partial charge in [0.25, 0.3) is 11.6 Å². The lowest BCUT2D eigenvalue weighted by Crippen LogP contribution is -2.25. The number of hydrazone groups is 1. The lowest BCUT2D eigenvalue weighted by molar-refractivity contribution is -0.384. The number of fused-ring (bicyclic) bond motifs is 1. The first-order valence-electron chi connectivity index (χ1n) is 9.14. The number of thiazole rings is 1. The van der Waals surface area contributed by atoms with Gasteiger partial charge in [-0.15, -0.1) is 0 Å². The number of nitrogens with zero attached hydrogens (tertiary/aromatic N) is 5. The highest BCUT2D eigenvalue weighted by Gasteiger charge is 2.21. The average Bonchev–Trinajstić information content (AvgIpc) is 3.22. The third-order valence-electron chi connectivity index (χ3n) is 4.40. The molecule has 0 radical (unpaired) electrons. The predicted molar refractivity (Wildman–Crippen MR) is 118 cm³/mol. The van der Waals surface area contributed by atoms with E-state index < -0.39 is 16.6 Å². The van der Waals surface area contributed by atoms with E-state index in [9.17, 15) is 19.3 Å². The topological polar surface area (TPSA) is 112 Å². The Hall–Kier alpha value is -4.49. The lowest BCUT2D eigenvalue weighted by Gasteiger charge is -2.13. The number of hydrogen-bond acceptors (Lipinski definition) is 7. The van der Waals surface area contributed by atoms with E-state index in [1.165, 1.54) is 72.9 Å². The molecule has 3 aromatic carbocycles. The second kappa shape index (κ2) is 8.71. The smallest absolute Gasteiger partial charge is 0.267 e. The maximum Gasteiger partial charge on any atom is 0.280 e. The van der Waals surface area contributed by atoms with E-state index in [1.807, 2.05) is 6.07 Å². The van der Waals surface area contributed by atoms with Crippen molar-refractivity contribution in [2.45, 2.75) is 0 Å². The summed E-state index contributed by atoms with van der Waals surface area (Å²) >= 11 is 1.09. The van der Waals surface area contributed by atoms with E-state index in [1.54, 1.807) is 0 Å². The number of aromatic nitrogens is 1. The van der Waals surface area contributed by atoms with Gasteiger partial charge in [-0.05, 0) is 60.2 Å². The fraction of sp³-hybridized carbons (Fsp3) is 0. The second-order valence-electron chi connectivity index (χ2n) is 6.51. The molecule has 1 heterocycles. The maximum absolute atomic E-state index is 13.6. The van der Waals surface area contributed by atoms with Crippen LogP contribution in [0.15, 0.2) is 71.8 Å². The summed E-state index contributed by atoms with van der Waals surface area (Å²) in [6, 6.07) is 17.8. The van der Waals surface area contributed by atoms with Crippen LogP contribution in [0.1, 0.15) is 21.5 Å². The number of benzene rings is 3. The zero-order valence-corrected chi connectivity index (χ0v) is 17.0. The minimum atomic E-state index is -0.512. The molecular weight excluding hydrogens is 433 g/mol. The molecular formula is C22H12FN5O3S. The average molecular weight is 445 g/mol. The number of carbonyl (C=O) groups excluding carboxylic acids is 1. The molecule has 0 spiro atoms. The van der Waals surface area contributed by atoms with Gasteiger partial charge in [0, 0.05) is 17.7 Å². The van der Waals surface area contributed by atoms with Gasteiger partial charge in [-0.1, -0.05) is 11.3 Å². The second-order valence-corrected chi connectivity index (χ2v) is 7.52. The molecule has 0 aliphatic carbocycles. The molecule has 4 rings (SSSR count). The van der Waals surface area contributed by atoms with Crippen LogP contribution in [-0.2, 0) is 0 Å². The molecule has 0 saturated carbocycles. The summed E-state index contributed by atoms with van der Waals surface area (Å²) in [5.74, 6) is -0.931. The Kier molecular flexibility index (Phi) is 5.65. The fourth-order valence-corrected chi connectivity index (χ4v) is 3.73. The number of anilines is 1. The van der Waals surface area contributed by atoms with Crippen molar-refractivity contribution in [2.24, 2.45) is 5.10 Å². The minimum absolute atomic E-state index is 0.0686. The Labute approximate surface area is 184 Å². The van der Waals surface area contributed by atoms with Crippen molar-refractivity contribution in [3.05, 3.63) is 99.4 Å². The Morgan fingerprint density at radius 1 is 1.16 bits per heavy atom. The Morgan fingerprint density at radius 3 is 2.53 bits per heavy atom. The van der Waals surface area contributed by atoms with Gasteiger partial charge in [0.15, 0.2) is 0 Å². The lowest BCUT2D eigenvalue weighted by atomic mass is 10.1. The number of nitro groups is 1. The van der Waals surface area contributed by atoms with E-state index >= 15 is 0 Å². The SMILES string of the molecule is N#Cc1ccc(C(=O)N(/N=C/c2ccc([N+](=O)[O-])cc2)c2nc3ccc(F)cc3s2)cc1. The van der Waals surface area contributed by atoms with E-state index in [-0.39, 0.29) is 16.4 Å². The van der Waals surface area contributed by atoms with Gasteiger partial charge < -0.3 is 0 Å². The highest BCUT2D eigenvalue weighted by molar-refractivity contribution is 7.22. The van der Waals surface area contributed by atoms with Crippen LogP contribution in [0, 0.1) is 27.3 Å². The van der Waals surface area contributed by atoms with Crippen LogP contribution in [0.5, 0.6) is 0 Å². The van der Waals surface area contributed by atoms with E-state index in [2.05, 4.69) is 10.1 Å². The van der Waals surface area contributed by atoms with Gasteiger partial charge in [0.1, 0.15) is 5.82 Å². The van der Waals surface area contributed by atoms with Crippen LogP contribution in [0.2, 0.25) is 0 Å². The first kappa shape index (κ1) is 20.8. The number of non-ortho nitro benzene ring substituents is 1. The normalized spacial score (nSPS) is 10.9. The number of carbonyl (C=O) groups is 1. The molecule has 4 aromatic rings. The van der Waals surface area contributed by atoms with Gasteiger partial charge in [-0.3, -0.25) is 14.9 Å². The molecule has 0 bridgehead atoms. The van der Waals surface area contributed by atoms with Crippen LogP contribution in [-0.4, -0.2) is 22.0 Å². The predicted octanol–water partition coefficient (Wildman–Crippen LogP) is 4.90. The molecule has 156 valence electrons. The number of rotatable bonds is 5. The number of amides is 1. The highest BCUT2D eigenvalue weighted by atomic mass is 32.1. The summed E-state index contributed by atoms with van der Waals surface area (Å²) in [4.78, 5) is 27.9. The highest BCUT2D eigenvalue weighted by Crippen LogP contribution is 2.30. The monoisotopic (exact) mass is 445 g/mol. The summed E-state index contributed by atoms with van der Waals surface area (Å²) < 4.78 is 14.1. The molecule has 0 N–H and O–H groups in total. The van der Waals surface area contributed by atoms with Crippen LogP contribution in [0.4, 0.5) is 15.2 Å². The Balaban J connectivity index is 1.73. The van der Waals surface area contributed by atoms with Crippen LogP contribution in [0.25, 0.3) is 10.2 Å². The van der Waals surface area contributed by atoms with Crippen molar-refractivity contribution in [2.75, 3.05) is 5.01 Å². The largest absolute Gasteiger partial charge is 0.280 e. The fourth-order valence-electron chi connectivity index (χ4n) is 2.78. The Morgan fingerprint density at radius 2 is 1.88 bits per heavy atom. The molecule has 0 aliphatic heterocycles. The van der Waals surface area contributed by atoms with E-state index in [0.29, 0.717) is 21.3 Å². The molecule has 0 fully saturated rings. The molecule has 10 heteroatoms. The standard InChI is InChI=1S/C22H12FN5O3S/c23-17-7-10-19-20(11-17)32-22(26-19)27(21(29)16-5-1-14(12-24)2-6-16)25-13-15-3-8-18(9-4-15)28(30)31/h1-11,13H/b25-13+. The summed E-state index contributed by atoms with van der Waals surface area (Å²) in [6.07, 6.45) is 1.37. The zero-order chi connectivity index (χ0) is 22.7. The number of nitro benzene ring substituents is 1. The van der Waals surface area contributed by atoms with E-state index in [4.69, 9.17) is 5.26 Å². The first-order chi connectivity index (χ1) is 15.4. The van der Waals surface area contributed by atoms with Gasteiger partial charge in [-0.2, -0.15) is 15.4 Å². The molecule has 0 saturated heterocycles. The summed E-state index contributed by atoms with van der Waals surface area (Å²) in [5.41, 5.74) is 1.64. The summed E-state index contributed by atoms with van der Waals surface area (Å²) in [6.45, 7) is 0. The molecule has 1 amide bonds. The van der Waals surface area contributed by atoms with Gasteiger partial charge >= 0.3 is 0 Å². The van der Waals surface area contributed by atoms with Crippen molar-refractivity contribution >= 4 is 44.5 Å². The number of hydrogen-bond donors (Lipinski definition) is 0. The quantitative estimate of drug-likeness (QED) is 0.246. The maximum atomic E-state index is 13.6. The van der Waals surface area contributed by atoms with Crippen molar-refractivity contribution in [3.8, 4) is 6.07 Å². The van der Waals surface area contributed by atoms with Crippen LogP contribution >= 0.6 is 11.3 Å². The summed E-state index contributed by atoms with van der Waals surface area (Å²) in [7, 11) is 0. The molecule has 0 atom stereocenters. The number of halogens is 1. The molecule has 8 nitrogen and oxygen atoms in total. The number of nitriles is 1. The summed E-state index contributed by atoms with van der Waals surface area (Å²) in [5, 5.41) is 25.3. The third-order valence-corrected chi connectivity index (χ3v) is 5.39. The zero-order valence-electron chi connectivity index (χ0n) is 16.2. The molecule has 1 aromatic heterocycles. The third kappa shape index (κ3) is 4.33. The van der Waals surface area contributed by atoms with Crippen molar-refractivity contribution < 1.29 is 14.1 Å². The van der Waals surface area contributed by atoms with Gasteiger partial charge in [-0.25, -0.2) is 9.37 Å². The molecule has 32 heavy (non-hydrogen) atoms. The minimum Gasteiger partial charge on any atom is -0.267 e.